The molecule has 136 valence electrons. The van der Waals surface area contributed by atoms with E-state index in [1.807, 2.05) is 0 Å². The van der Waals surface area contributed by atoms with Crippen LogP contribution in [-0.4, -0.2) is 32.4 Å². The highest BCUT2D eigenvalue weighted by atomic mass is 35.5. The van der Waals surface area contributed by atoms with Gasteiger partial charge in [-0.15, -0.1) is 12.4 Å². The van der Waals surface area contributed by atoms with E-state index in [0.29, 0.717) is 18.2 Å². The molecule has 1 fully saturated rings. The summed E-state index contributed by atoms with van der Waals surface area (Å²) in [4.78, 5) is -0.591. The smallest absolute Gasteiger partial charge is 0.246 e. The molecular weight excluding hydrogens is 377 g/mol. The van der Waals surface area contributed by atoms with Gasteiger partial charge in [0, 0.05) is 25.7 Å². The van der Waals surface area contributed by atoms with Gasteiger partial charge in [-0.05, 0) is 29.8 Å². The van der Waals surface area contributed by atoms with Gasteiger partial charge in [-0.3, -0.25) is 0 Å². The van der Waals surface area contributed by atoms with E-state index >= 15 is 0 Å². The number of hydrogen-bond acceptors (Lipinski definition) is 3. The minimum absolute atomic E-state index is 0. The van der Waals surface area contributed by atoms with Crippen LogP contribution in [0.4, 0.5) is 13.2 Å². The summed E-state index contributed by atoms with van der Waals surface area (Å²) in [6.07, 6.45) is 0. The van der Waals surface area contributed by atoms with Crippen LogP contribution in [0.1, 0.15) is 11.6 Å². The Kier molecular flexibility index (Phi) is 6.10. The van der Waals surface area contributed by atoms with Gasteiger partial charge in [-0.2, -0.15) is 4.31 Å². The van der Waals surface area contributed by atoms with Gasteiger partial charge in [-0.25, -0.2) is 21.6 Å². The fourth-order valence-corrected chi connectivity index (χ4v) is 4.44. The first-order chi connectivity index (χ1) is 11.4. The Hall–Kier alpha value is -1.61. The first-order valence-corrected chi connectivity index (χ1v) is 8.76. The summed E-state index contributed by atoms with van der Waals surface area (Å²) in [6, 6.07) is 7.28. The van der Waals surface area contributed by atoms with Gasteiger partial charge in [0.1, 0.15) is 22.3 Å². The number of benzene rings is 2. The van der Waals surface area contributed by atoms with Crippen molar-refractivity contribution >= 4 is 22.4 Å². The molecule has 0 saturated carbocycles. The second kappa shape index (κ2) is 7.74. The van der Waals surface area contributed by atoms with Crippen LogP contribution in [-0.2, 0) is 10.0 Å². The predicted molar refractivity (Wildman–Crippen MR) is 89.5 cm³/mol. The third kappa shape index (κ3) is 3.98. The molecule has 1 heterocycles. The van der Waals surface area contributed by atoms with Crippen molar-refractivity contribution < 1.29 is 21.6 Å². The average Bonchev–Trinajstić information content (AvgIpc) is 2.54. The van der Waals surface area contributed by atoms with Crippen molar-refractivity contribution in [3.63, 3.8) is 0 Å². The van der Waals surface area contributed by atoms with Crippen molar-refractivity contribution in [2.75, 3.05) is 19.6 Å². The molecule has 9 heteroatoms. The largest absolute Gasteiger partial charge is 0.313 e. The molecule has 0 aromatic heterocycles. The van der Waals surface area contributed by atoms with Crippen molar-refractivity contribution in [2.24, 2.45) is 0 Å². The third-order valence-electron chi connectivity index (χ3n) is 3.91. The summed E-state index contributed by atoms with van der Waals surface area (Å²) >= 11 is 0. The van der Waals surface area contributed by atoms with Crippen LogP contribution in [0, 0.1) is 17.5 Å². The Morgan fingerprint density at radius 3 is 2.44 bits per heavy atom. The first kappa shape index (κ1) is 19.7. The molecule has 1 unspecified atom stereocenters. The van der Waals surface area contributed by atoms with Gasteiger partial charge in [-0.1, -0.05) is 12.1 Å². The van der Waals surface area contributed by atoms with Crippen molar-refractivity contribution in [1.29, 1.82) is 0 Å². The van der Waals surface area contributed by atoms with Crippen LogP contribution >= 0.6 is 12.4 Å². The van der Waals surface area contributed by atoms with Crippen LogP contribution in [0.2, 0.25) is 0 Å². The Morgan fingerprint density at radius 2 is 1.76 bits per heavy atom. The second-order valence-electron chi connectivity index (χ2n) is 5.47. The minimum atomic E-state index is -4.19. The van der Waals surface area contributed by atoms with Crippen LogP contribution in [0.5, 0.6) is 0 Å². The molecule has 2 aromatic carbocycles. The normalized spacial score (nSPS) is 18.6. The molecule has 1 saturated heterocycles. The second-order valence-corrected chi connectivity index (χ2v) is 7.32. The zero-order chi connectivity index (χ0) is 17.3. The number of halogens is 4. The lowest BCUT2D eigenvalue weighted by atomic mass is 10.1. The van der Waals surface area contributed by atoms with Gasteiger partial charge >= 0.3 is 0 Å². The van der Waals surface area contributed by atoms with Gasteiger partial charge in [0.15, 0.2) is 0 Å². The summed E-state index contributed by atoms with van der Waals surface area (Å²) in [5, 5.41) is 3.05. The van der Waals surface area contributed by atoms with E-state index in [1.54, 1.807) is 6.07 Å². The van der Waals surface area contributed by atoms with E-state index in [4.69, 9.17) is 0 Å². The highest BCUT2D eigenvalue weighted by Crippen LogP contribution is 2.30. The Morgan fingerprint density at radius 1 is 1.04 bits per heavy atom. The molecule has 1 aliphatic rings. The van der Waals surface area contributed by atoms with E-state index < -0.39 is 38.4 Å². The number of rotatable bonds is 3. The molecule has 3 rings (SSSR count). The summed E-state index contributed by atoms with van der Waals surface area (Å²) in [5.74, 6) is -2.48. The number of piperazine rings is 1. The number of nitrogens with zero attached hydrogens (tertiary/aromatic N) is 1. The van der Waals surface area contributed by atoms with Crippen LogP contribution in [0.25, 0.3) is 0 Å². The summed E-state index contributed by atoms with van der Waals surface area (Å²) in [5.41, 5.74) is 0.466. The van der Waals surface area contributed by atoms with Gasteiger partial charge in [0.05, 0.1) is 6.04 Å². The highest BCUT2D eigenvalue weighted by molar-refractivity contribution is 7.89. The third-order valence-corrected chi connectivity index (χ3v) is 5.85. The van der Waals surface area contributed by atoms with E-state index in [-0.39, 0.29) is 25.5 Å². The molecule has 1 N–H and O–H groups in total. The zero-order valence-electron chi connectivity index (χ0n) is 13.0. The van der Waals surface area contributed by atoms with E-state index in [2.05, 4.69) is 5.32 Å². The lowest BCUT2D eigenvalue weighted by Crippen LogP contribution is -2.48. The maximum Gasteiger partial charge on any atom is 0.246 e. The van der Waals surface area contributed by atoms with Crippen LogP contribution < -0.4 is 5.32 Å². The van der Waals surface area contributed by atoms with Crippen molar-refractivity contribution in [1.82, 2.24) is 9.62 Å². The number of hydrogen-bond donors (Lipinski definition) is 1. The Labute approximate surface area is 150 Å². The maximum absolute atomic E-state index is 14.0. The summed E-state index contributed by atoms with van der Waals surface area (Å²) < 4.78 is 67.3. The molecule has 2 aromatic rings. The summed E-state index contributed by atoms with van der Waals surface area (Å²) in [7, 11) is -4.19. The molecule has 1 atom stereocenters. The SMILES string of the molecule is Cl.O=S(=O)(c1ccc(F)cc1F)N1CCNCC1c1cccc(F)c1. The molecule has 1 aliphatic heterocycles. The van der Waals surface area contributed by atoms with E-state index in [0.717, 1.165) is 16.4 Å². The number of sulfonamides is 1. The molecule has 4 nitrogen and oxygen atoms in total. The van der Waals surface area contributed by atoms with Crippen LogP contribution in [0.3, 0.4) is 0 Å². The molecule has 0 spiro atoms. The van der Waals surface area contributed by atoms with Gasteiger partial charge in [0.25, 0.3) is 0 Å². The van der Waals surface area contributed by atoms with Gasteiger partial charge in [0.2, 0.25) is 10.0 Å². The predicted octanol–water partition coefficient (Wildman–Crippen LogP) is 2.86. The quantitative estimate of drug-likeness (QED) is 0.873. The Balaban J connectivity index is 0.00000225. The lowest BCUT2D eigenvalue weighted by molar-refractivity contribution is 0.270. The van der Waals surface area contributed by atoms with E-state index in [1.165, 1.54) is 18.2 Å². The topological polar surface area (TPSA) is 49.4 Å². The van der Waals surface area contributed by atoms with Gasteiger partial charge < -0.3 is 5.32 Å². The minimum Gasteiger partial charge on any atom is -0.313 e. The molecular formula is C16H16ClF3N2O2S. The molecule has 0 radical (unpaired) electrons. The van der Waals surface area contributed by atoms with Crippen molar-refractivity contribution in [3.8, 4) is 0 Å². The fraction of sp³-hybridized carbons (Fsp3) is 0.250. The fourth-order valence-electron chi connectivity index (χ4n) is 2.78. The average molecular weight is 393 g/mol. The molecule has 0 bridgehead atoms. The van der Waals surface area contributed by atoms with E-state index in [9.17, 15) is 21.6 Å². The molecule has 0 aliphatic carbocycles. The van der Waals surface area contributed by atoms with Crippen LogP contribution in [0.15, 0.2) is 47.4 Å². The molecule has 0 amide bonds. The Bertz CT molecular complexity index is 864. The lowest BCUT2D eigenvalue weighted by Gasteiger charge is -2.35. The highest BCUT2D eigenvalue weighted by Gasteiger charge is 2.36. The van der Waals surface area contributed by atoms with Crippen molar-refractivity contribution in [2.45, 2.75) is 10.9 Å². The standard InChI is InChI=1S/C16H15F3N2O2S.ClH/c17-12-3-1-2-11(8-12)15-10-20-6-7-21(15)24(22,23)16-5-4-13(18)9-14(16)19;/h1-5,8-9,15,20H,6-7,10H2;1H. The maximum atomic E-state index is 14.0. The summed E-state index contributed by atoms with van der Waals surface area (Å²) in [6.45, 7) is 0.750. The zero-order valence-corrected chi connectivity index (χ0v) is 14.6. The van der Waals surface area contributed by atoms with Crippen molar-refractivity contribution in [3.05, 3.63) is 65.5 Å². The molecule has 25 heavy (non-hydrogen) atoms. The monoisotopic (exact) mass is 392 g/mol. The first-order valence-electron chi connectivity index (χ1n) is 7.32. The number of nitrogens with one attached hydrogen (secondary N) is 1.